The van der Waals surface area contributed by atoms with Crippen LogP contribution in [0.1, 0.15) is 15.9 Å². The number of hydrogen-bond acceptors (Lipinski definition) is 3. The Morgan fingerprint density at radius 1 is 1.40 bits per heavy atom. The van der Waals surface area contributed by atoms with Crippen LogP contribution < -0.4 is 10.1 Å². The van der Waals surface area contributed by atoms with E-state index >= 15 is 0 Å². The Balaban J connectivity index is 1.92. The summed E-state index contributed by atoms with van der Waals surface area (Å²) < 4.78 is 29.8. The van der Waals surface area contributed by atoms with Crippen molar-refractivity contribution in [3.05, 3.63) is 47.8 Å². The van der Waals surface area contributed by atoms with Gasteiger partial charge in [-0.25, -0.2) is 0 Å². The zero-order valence-electron chi connectivity index (χ0n) is 10.7. The lowest BCUT2D eigenvalue weighted by Crippen LogP contribution is -2.22. The molecule has 0 saturated heterocycles. The lowest BCUT2D eigenvalue weighted by molar-refractivity contribution is -0.0498. The Hall–Kier alpha value is -2.44. The van der Waals surface area contributed by atoms with Crippen molar-refractivity contribution in [1.82, 2.24) is 15.1 Å². The number of halogens is 2. The van der Waals surface area contributed by atoms with Crippen molar-refractivity contribution in [2.24, 2.45) is 7.05 Å². The van der Waals surface area contributed by atoms with Crippen molar-refractivity contribution < 1.29 is 18.3 Å². The van der Waals surface area contributed by atoms with Gasteiger partial charge >= 0.3 is 6.61 Å². The first-order valence-electron chi connectivity index (χ1n) is 5.85. The fourth-order valence-corrected chi connectivity index (χ4v) is 1.64. The number of carbonyl (C=O) groups excluding carboxylic acids is 1. The summed E-state index contributed by atoms with van der Waals surface area (Å²) in [5, 5.41) is 6.69. The number of aromatic nitrogens is 2. The van der Waals surface area contributed by atoms with Gasteiger partial charge in [0.1, 0.15) is 5.75 Å². The van der Waals surface area contributed by atoms with E-state index in [0.29, 0.717) is 12.1 Å². The molecule has 0 spiro atoms. The molecule has 0 fully saturated rings. The van der Waals surface area contributed by atoms with E-state index < -0.39 is 6.61 Å². The van der Waals surface area contributed by atoms with Gasteiger partial charge in [-0.3, -0.25) is 9.48 Å². The van der Waals surface area contributed by atoms with E-state index in [1.165, 1.54) is 24.3 Å². The van der Waals surface area contributed by atoms with Gasteiger partial charge in [0.15, 0.2) is 0 Å². The second kappa shape index (κ2) is 6.14. The Morgan fingerprint density at radius 2 is 2.10 bits per heavy atom. The van der Waals surface area contributed by atoms with Crippen molar-refractivity contribution in [2.75, 3.05) is 0 Å². The van der Waals surface area contributed by atoms with Gasteiger partial charge in [-0.15, -0.1) is 0 Å². The van der Waals surface area contributed by atoms with E-state index in [1.54, 1.807) is 24.1 Å². The smallest absolute Gasteiger partial charge is 0.387 e. The summed E-state index contributed by atoms with van der Waals surface area (Å²) in [4.78, 5) is 11.8. The quantitative estimate of drug-likeness (QED) is 0.911. The van der Waals surface area contributed by atoms with Crippen LogP contribution in [0.4, 0.5) is 8.78 Å². The molecule has 0 radical (unpaired) electrons. The van der Waals surface area contributed by atoms with Crippen molar-refractivity contribution >= 4 is 5.91 Å². The van der Waals surface area contributed by atoms with E-state index in [0.717, 1.165) is 5.56 Å². The van der Waals surface area contributed by atoms with Crippen LogP contribution in [-0.4, -0.2) is 22.3 Å². The lowest BCUT2D eigenvalue weighted by Gasteiger charge is -2.06. The molecule has 0 unspecified atom stereocenters. The average molecular weight is 281 g/mol. The number of rotatable bonds is 5. The average Bonchev–Trinajstić information content (AvgIpc) is 2.82. The highest BCUT2D eigenvalue weighted by Crippen LogP contribution is 2.14. The third-order valence-electron chi connectivity index (χ3n) is 2.55. The summed E-state index contributed by atoms with van der Waals surface area (Å²) in [6.07, 6.45) is 3.44. The molecule has 1 aromatic carbocycles. The van der Waals surface area contributed by atoms with E-state index in [2.05, 4.69) is 15.2 Å². The van der Waals surface area contributed by atoms with Crippen LogP contribution in [0.25, 0.3) is 0 Å². The van der Waals surface area contributed by atoms with Gasteiger partial charge in [-0.05, 0) is 24.3 Å². The molecule has 106 valence electrons. The fraction of sp³-hybridized carbons (Fsp3) is 0.231. The number of amides is 1. The molecule has 0 atom stereocenters. The maximum Gasteiger partial charge on any atom is 0.387 e. The summed E-state index contributed by atoms with van der Waals surface area (Å²) in [6, 6.07) is 5.50. The van der Waals surface area contributed by atoms with Gasteiger partial charge in [-0.1, -0.05) is 0 Å². The van der Waals surface area contributed by atoms with Crippen molar-refractivity contribution in [1.29, 1.82) is 0 Å². The van der Waals surface area contributed by atoms with Crippen LogP contribution in [0.2, 0.25) is 0 Å². The molecular formula is C13H13F2N3O2. The maximum absolute atomic E-state index is 12.0. The minimum Gasteiger partial charge on any atom is -0.435 e. The molecule has 0 aliphatic rings. The molecule has 1 amide bonds. The van der Waals surface area contributed by atoms with Crippen LogP contribution in [0.5, 0.6) is 5.75 Å². The van der Waals surface area contributed by atoms with Crippen LogP contribution in [0.3, 0.4) is 0 Å². The Morgan fingerprint density at radius 3 is 2.65 bits per heavy atom. The third-order valence-corrected chi connectivity index (χ3v) is 2.55. The molecule has 7 heteroatoms. The third kappa shape index (κ3) is 3.78. The standard InChI is InChI=1S/C13H13F2N3O2/c1-18-8-9(7-17-18)6-16-12(19)10-2-4-11(5-3-10)20-13(14)15/h2-5,7-8,13H,6H2,1H3,(H,16,19). The molecule has 5 nitrogen and oxygen atoms in total. The number of benzene rings is 1. The van der Waals surface area contributed by atoms with Gasteiger partial charge in [-0.2, -0.15) is 13.9 Å². The predicted molar refractivity (Wildman–Crippen MR) is 67.5 cm³/mol. The summed E-state index contributed by atoms with van der Waals surface area (Å²) in [5.41, 5.74) is 1.24. The van der Waals surface area contributed by atoms with Crippen LogP contribution in [0, 0.1) is 0 Å². The summed E-state index contributed by atoms with van der Waals surface area (Å²) >= 11 is 0. The Kier molecular flexibility index (Phi) is 4.29. The van der Waals surface area contributed by atoms with E-state index in [-0.39, 0.29) is 11.7 Å². The Labute approximate surface area is 114 Å². The monoisotopic (exact) mass is 281 g/mol. The highest BCUT2D eigenvalue weighted by atomic mass is 19.3. The minimum absolute atomic E-state index is 0.0174. The molecule has 1 heterocycles. The predicted octanol–water partition coefficient (Wildman–Crippen LogP) is 1.95. The normalized spacial score (nSPS) is 10.6. The zero-order chi connectivity index (χ0) is 14.5. The van der Waals surface area contributed by atoms with Crippen LogP contribution in [-0.2, 0) is 13.6 Å². The molecule has 0 saturated carbocycles. The number of hydrogen-bond donors (Lipinski definition) is 1. The molecular weight excluding hydrogens is 268 g/mol. The number of ether oxygens (including phenoxy) is 1. The number of alkyl halides is 2. The highest BCUT2D eigenvalue weighted by molar-refractivity contribution is 5.94. The number of carbonyl (C=O) groups is 1. The van der Waals surface area contributed by atoms with Crippen LogP contribution in [0.15, 0.2) is 36.7 Å². The van der Waals surface area contributed by atoms with Crippen molar-refractivity contribution in [2.45, 2.75) is 13.2 Å². The van der Waals surface area contributed by atoms with Crippen molar-refractivity contribution in [3.63, 3.8) is 0 Å². The number of aryl methyl sites for hydroxylation is 1. The first-order valence-corrected chi connectivity index (χ1v) is 5.85. The van der Waals surface area contributed by atoms with Crippen LogP contribution >= 0.6 is 0 Å². The Bertz CT molecular complexity index is 582. The number of nitrogens with one attached hydrogen (secondary N) is 1. The van der Waals surface area contributed by atoms with E-state index in [9.17, 15) is 13.6 Å². The summed E-state index contributed by atoms with van der Waals surface area (Å²) in [6.45, 7) is -2.53. The summed E-state index contributed by atoms with van der Waals surface area (Å²) in [7, 11) is 1.78. The molecule has 0 bridgehead atoms. The maximum atomic E-state index is 12.0. The first kappa shape index (κ1) is 14.0. The zero-order valence-corrected chi connectivity index (χ0v) is 10.7. The molecule has 2 aromatic rings. The molecule has 0 aliphatic heterocycles. The van der Waals surface area contributed by atoms with Gasteiger partial charge in [0, 0.05) is 30.9 Å². The fourth-order valence-electron chi connectivity index (χ4n) is 1.64. The molecule has 1 N–H and O–H groups in total. The molecule has 2 rings (SSSR count). The van der Waals surface area contributed by atoms with Gasteiger partial charge in [0.25, 0.3) is 5.91 Å². The van der Waals surface area contributed by atoms with E-state index in [1.807, 2.05) is 0 Å². The highest BCUT2D eigenvalue weighted by Gasteiger charge is 2.08. The lowest BCUT2D eigenvalue weighted by atomic mass is 10.2. The van der Waals surface area contributed by atoms with Gasteiger partial charge in [0.2, 0.25) is 0 Å². The molecule has 1 aromatic heterocycles. The second-order valence-corrected chi connectivity index (χ2v) is 4.11. The van der Waals surface area contributed by atoms with Crippen molar-refractivity contribution in [3.8, 4) is 5.75 Å². The first-order chi connectivity index (χ1) is 9.54. The molecule has 0 aliphatic carbocycles. The van der Waals surface area contributed by atoms with Gasteiger partial charge in [0.05, 0.1) is 6.20 Å². The largest absolute Gasteiger partial charge is 0.435 e. The topological polar surface area (TPSA) is 56.2 Å². The van der Waals surface area contributed by atoms with E-state index in [4.69, 9.17) is 0 Å². The minimum atomic E-state index is -2.87. The van der Waals surface area contributed by atoms with Gasteiger partial charge < -0.3 is 10.1 Å². The number of nitrogens with zero attached hydrogens (tertiary/aromatic N) is 2. The second-order valence-electron chi connectivity index (χ2n) is 4.11. The SMILES string of the molecule is Cn1cc(CNC(=O)c2ccc(OC(F)F)cc2)cn1. The molecule has 20 heavy (non-hydrogen) atoms. The summed E-state index contributed by atoms with van der Waals surface area (Å²) in [5.74, 6) is -0.277.